The molecule has 1 aromatic heterocycles. The number of carbonyl (C=O) groups excluding carboxylic acids is 1. The SMILES string of the molecule is COC(=O)CC[C@@H](c1cccnc1)N(C)N=O. The zero-order chi connectivity index (χ0) is 12.7. The highest BCUT2D eigenvalue weighted by Crippen LogP contribution is 2.24. The van der Waals surface area contributed by atoms with E-state index in [0.29, 0.717) is 6.42 Å². The van der Waals surface area contributed by atoms with Crippen molar-refractivity contribution in [3.63, 3.8) is 0 Å². The third-order valence-electron chi connectivity index (χ3n) is 2.50. The lowest BCUT2D eigenvalue weighted by molar-refractivity contribution is -0.141. The number of methoxy groups -OCH3 is 1. The Kier molecular flexibility index (Phi) is 5.06. The van der Waals surface area contributed by atoms with Crippen LogP contribution in [0.2, 0.25) is 0 Å². The molecule has 0 saturated carbocycles. The van der Waals surface area contributed by atoms with Gasteiger partial charge in [0.25, 0.3) is 0 Å². The summed E-state index contributed by atoms with van der Waals surface area (Å²) in [7, 11) is 2.91. The average molecular weight is 237 g/mol. The van der Waals surface area contributed by atoms with E-state index in [2.05, 4.69) is 15.0 Å². The van der Waals surface area contributed by atoms with Gasteiger partial charge in [-0.3, -0.25) is 14.8 Å². The summed E-state index contributed by atoms with van der Waals surface area (Å²) in [5.74, 6) is -0.307. The summed E-state index contributed by atoms with van der Waals surface area (Å²) in [4.78, 5) is 25.6. The maximum atomic E-state index is 11.1. The van der Waals surface area contributed by atoms with Crippen molar-refractivity contribution in [3.8, 4) is 0 Å². The van der Waals surface area contributed by atoms with Gasteiger partial charge < -0.3 is 4.74 Å². The Morgan fingerprint density at radius 2 is 2.41 bits per heavy atom. The highest BCUT2D eigenvalue weighted by Gasteiger charge is 2.18. The molecule has 0 spiro atoms. The van der Waals surface area contributed by atoms with Crippen LogP contribution in [0.3, 0.4) is 0 Å². The second-order valence-corrected chi connectivity index (χ2v) is 3.57. The summed E-state index contributed by atoms with van der Waals surface area (Å²) in [5, 5.41) is 4.15. The van der Waals surface area contributed by atoms with Gasteiger partial charge in [-0.25, -0.2) is 0 Å². The minimum atomic E-state index is -0.307. The van der Waals surface area contributed by atoms with E-state index in [4.69, 9.17) is 0 Å². The topological polar surface area (TPSA) is 71.9 Å². The standard InChI is InChI=1S/C11H15N3O3/c1-14(13-16)10(5-6-11(15)17-2)9-4-3-7-12-8-9/h3-4,7-8,10H,5-6H2,1-2H3/t10-/m0/s1. The number of nitroso groups, excluding NO2 is 1. The molecule has 0 bridgehead atoms. The average Bonchev–Trinajstić information content (AvgIpc) is 2.39. The van der Waals surface area contributed by atoms with Crippen molar-refractivity contribution in [2.75, 3.05) is 14.2 Å². The van der Waals surface area contributed by atoms with E-state index in [1.807, 2.05) is 6.07 Å². The van der Waals surface area contributed by atoms with E-state index >= 15 is 0 Å². The number of esters is 1. The molecule has 0 aliphatic rings. The molecule has 17 heavy (non-hydrogen) atoms. The normalized spacial score (nSPS) is 11.6. The van der Waals surface area contributed by atoms with E-state index in [1.165, 1.54) is 12.1 Å². The van der Waals surface area contributed by atoms with Gasteiger partial charge in [-0.05, 0) is 18.1 Å². The van der Waals surface area contributed by atoms with Gasteiger partial charge in [-0.2, -0.15) is 0 Å². The lowest BCUT2D eigenvalue weighted by Gasteiger charge is -2.22. The first kappa shape index (κ1) is 13.1. The third kappa shape index (κ3) is 3.82. The molecule has 1 rings (SSSR count). The van der Waals surface area contributed by atoms with Gasteiger partial charge >= 0.3 is 5.97 Å². The zero-order valence-electron chi connectivity index (χ0n) is 9.87. The predicted octanol–water partition coefficient (Wildman–Crippen LogP) is 1.69. The number of hydrogen-bond donors (Lipinski definition) is 0. The summed E-state index contributed by atoms with van der Waals surface area (Å²) in [6, 6.07) is 3.36. The summed E-state index contributed by atoms with van der Waals surface area (Å²) >= 11 is 0. The van der Waals surface area contributed by atoms with Crippen molar-refractivity contribution in [2.24, 2.45) is 5.29 Å². The molecule has 6 heteroatoms. The largest absolute Gasteiger partial charge is 0.469 e. The van der Waals surface area contributed by atoms with Crippen LogP contribution in [0, 0.1) is 4.91 Å². The van der Waals surface area contributed by atoms with Crippen LogP contribution >= 0.6 is 0 Å². The van der Waals surface area contributed by atoms with Crippen LogP contribution in [0.1, 0.15) is 24.4 Å². The molecule has 0 aliphatic heterocycles. The highest BCUT2D eigenvalue weighted by atomic mass is 16.5. The maximum Gasteiger partial charge on any atom is 0.305 e. The van der Waals surface area contributed by atoms with Crippen LogP contribution in [0.25, 0.3) is 0 Å². The Balaban J connectivity index is 2.74. The molecule has 0 fully saturated rings. The van der Waals surface area contributed by atoms with Crippen molar-refractivity contribution < 1.29 is 9.53 Å². The van der Waals surface area contributed by atoms with Crippen LogP contribution in [-0.4, -0.2) is 30.1 Å². The molecule has 1 aromatic rings. The van der Waals surface area contributed by atoms with Gasteiger partial charge in [-0.1, -0.05) is 6.07 Å². The minimum Gasteiger partial charge on any atom is -0.469 e. The van der Waals surface area contributed by atoms with Crippen molar-refractivity contribution in [2.45, 2.75) is 18.9 Å². The Bertz CT molecular complexity index is 369. The van der Waals surface area contributed by atoms with E-state index in [1.54, 1.807) is 25.5 Å². The van der Waals surface area contributed by atoms with Gasteiger partial charge in [-0.15, -0.1) is 4.91 Å². The first-order chi connectivity index (χ1) is 8.19. The van der Waals surface area contributed by atoms with Crippen LogP contribution in [0.15, 0.2) is 29.8 Å². The molecule has 0 amide bonds. The fourth-order valence-corrected chi connectivity index (χ4v) is 1.56. The molecule has 0 radical (unpaired) electrons. The van der Waals surface area contributed by atoms with Crippen LogP contribution < -0.4 is 0 Å². The molecule has 6 nitrogen and oxygen atoms in total. The second kappa shape index (κ2) is 6.57. The Labute approximate surface area is 99.5 Å². The fourth-order valence-electron chi connectivity index (χ4n) is 1.56. The summed E-state index contributed by atoms with van der Waals surface area (Å²) in [5.41, 5.74) is 0.846. The molecular weight excluding hydrogens is 222 g/mol. The van der Waals surface area contributed by atoms with Crippen molar-refractivity contribution in [1.82, 2.24) is 9.99 Å². The number of ether oxygens (including phenoxy) is 1. The number of aromatic nitrogens is 1. The molecule has 0 N–H and O–H groups in total. The molecule has 92 valence electrons. The molecule has 0 saturated heterocycles. The van der Waals surface area contributed by atoms with E-state index in [9.17, 15) is 9.70 Å². The van der Waals surface area contributed by atoms with E-state index in [-0.39, 0.29) is 18.4 Å². The lowest BCUT2D eigenvalue weighted by Crippen LogP contribution is -2.20. The lowest BCUT2D eigenvalue weighted by atomic mass is 10.0. The van der Waals surface area contributed by atoms with Crippen LogP contribution in [0.5, 0.6) is 0 Å². The number of carbonyl (C=O) groups is 1. The van der Waals surface area contributed by atoms with Crippen molar-refractivity contribution in [3.05, 3.63) is 35.0 Å². The van der Waals surface area contributed by atoms with Gasteiger partial charge in [0, 0.05) is 25.9 Å². The monoisotopic (exact) mass is 237 g/mol. The molecular formula is C11H15N3O3. The molecule has 0 aromatic carbocycles. The maximum absolute atomic E-state index is 11.1. The molecule has 1 atom stereocenters. The quantitative estimate of drug-likeness (QED) is 0.427. The molecule has 0 unspecified atom stereocenters. The van der Waals surface area contributed by atoms with Gasteiger partial charge in [0.05, 0.1) is 18.4 Å². The number of pyridine rings is 1. The first-order valence-electron chi connectivity index (χ1n) is 5.22. The van der Waals surface area contributed by atoms with Gasteiger partial charge in [0.2, 0.25) is 0 Å². The zero-order valence-corrected chi connectivity index (χ0v) is 9.87. The summed E-state index contributed by atoms with van der Waals surface area (Å²) < 4.78 is 4.57. The molecule has 0 aliphatic carbocycles. The number of nitrogens with zero attached hydrogens (tertiary/aromatic N) is 3. The Morgan fingerprint density at radius 1 is 1.65 bits per heavy atom. The molecule has 1 heterocycles. The number of rotatable bonds is 6. The van der Waals surface area contributed by atoms with E-state index < -0.39 is 0 Å². The summed E-state index contributed by atoms with van der Waals surface area (Å²) in [6.45, 7) is 0. The highest BCUT2D eigenvalue weighted by molar-refractivity contribution is 5.69. The third-order valence-corrected chi connectivity index (χ3v) is 2.50. The van der Waals surface area contributed by atoms with Crippen molar-refractivity contribution >= 4 is 5.97 Å². The van der Waals surface area contributed by atoms with Crippen LogP contribution in [-0.2, 0) is 9.53 Å². The Morgan fingerprint density at radius 3 is 2.94 bits per heavy atom. The number of hydrogen-bond acceptors (Lipinski definition) is 5. The Hall–Kier alpha value is -1.98. The first-order valence-corrected chi connectivity index (χ1v) is 5.22. The fraction of sp³-hybridized carbons (Fsp3) is 0.455. The van der Waals surface area contributed by atoms with E-state index in [0.717, 1.165) is 5.56 Å². The predicted molar refractivity (Wildman–Crippen MR) is 61.8 cm³/mol. The van der Waals surface area contributed by atoms with Crippen molar-refractivity contribution in [1.29, 1.82) is 0 Å². The van der Waals surface area contributed by atoms with Gasteiger partial charge in [0.15, 0.2) is 0 Å². The van der Waals surface area contributed by atoms with Gasteiger partial charge in [0.1, 0.15) is 0 Å². The minimum absolute atomic E-state index is 0.232. The smallest absolute Gasteiger partial charge is 0.305 e. The summed E-state index contributed by atoms with van der Waals surface area (Å²) in [6.07, 6.45) is 4.00. The second-order valence-electron chi connectivity index (χ2n) is 3.57. The van der Waals surface area contributed by atoms with Crippen LogP contribution in [0.4, 0.5) is 0 Å².